The van der Waals surface area contributed by atoms with Gasteiger partial charge in [0.2, 0.25) is 0 Å². The van der Waals surface area contributed by atoms with Gasteiger partial charge in [-0.2, -0.15) is 0 Å². The Morgan fingerprint density at radius 1 is 1.08 bits per heavy atom. The molecular weight excluding hydrogens is 328 g/mol. The van der Waals surface area contributed by atoms with Crippen LogP contribution in [-0.4, -0.2) is 27.5 Å². The Labute approximate surface area is 152 Å². The molecule has 26 heavy (non-hydrogen) atoms. The van der Waals surface area contributed by atoms with Crippen LogP contribution in [0.2, 0.25) is 0 Å². The van der Waals surface area contributed by atoms with Crippen LogP contribution in [0.3, 0.4) is 0 Å². The third-order valence-electron chi connectivity index (χ3n) is 4.12. The highest BCUT2D eigenvalue weighted by Crippen LogP contribution is 2.18. The van der Waals surface area contributed by atoms with Crippen molar-refractivity contribution in [2.75, 3.05) is 11.9 Å². The zero-order valence-electron chi connectivity index (χ0n) is 15.2. The van der Waals surface area contributed by atoms with E-state index in [1.54, 1.807) is 16.8 Å². The second-order valence-electron chi connectivity index (χ2n) is 5.87. The van der Waals surface area contributed by atoms with Crippen LogP contribution in [0.15, 0.2) is 48.5 Å². The molecular formula is C20H22N4O2. The molecule has 1 amide bonds. The highest BCUT2D eigenvalue weighted by Gasteiger charge is 2.17. The lowest BCUT2D eigenvalue weighted by molar-refractivity contribution is 0.102. The normalized spacial score (nSPS) is 10.6. The number of ether oxygens (including phenoxy) is 1. The van der Waals surface area contributed by atoms with Crippen molar-refractivity contribution in [2.24, 2.45) is 0 Å². The highest BCUT2D eigenvalue weighted by molar-refractivity contribution is 6.03. The predicted molar refractivity (Wildman–Crippen MR) is 101 cm³/mol. The highest BCUT2D eigenvalue weighted by atomic mass is 16.5. The molecule has 6 heteroatoms. The molecule has 0 atom stereocenters. The number of nitrogens with zero attached hydrogens (tertiary/aromatic N) is 3. The smallest absolute Gasteiger partial charge is 0.278 e. The van der Waals surface area contributed by atoms with Crippen LogP contribution in [-0.2, 0) is 6.42 Å². The first-order valence-corrected chi connectivity index (χ1v) is 8.68. The second kappa shape index (κ2) is 7.82. The van der Waals surface area contributed by atoms with Crippen molar-refractivity contribution in [3.8, 4) is 11.4 Å². The summed E-state index contributed by atoms with van der Waals surface area (Å²) in [5, 5.41) is 11.0. The largest absolute Gasteiger partial charge is 0.494 e. The van der Waals surface area contributed by atoms with Crippen LogP contribution in [0.4, 0.5) is 5.69 Å². The molecule has 1 heterocycles. The fourth-order valence-corrected chi connectivity index (χ4v) is 2.65. The molecule has 0 fully saturated rings. The summed E-state index contributed by atoms with van der Waals surface area (Å²) in [5.74, 6) is 0.478. The summed E-state index contributed by atoms with van der Waals surface area (Å²) < 4.78 is 7.07. The third kappa shape index (κ3) is 3.74. The van der Waals surface area contributed by atoms with Crippen molar-refractivity contribution in [2.45, 2.75) is 27.2 Å². The van der Waals surface area contributed by atoms with Gasteiger partial charge in [-0.3, -0.25) is 4.79 Å². The van der Waals surface area contributed by atoms with E-state index >= 15 is 0 Å². The summed E-state index contributed by atoms with van der Waals surface area (Å²) in [7, 11) is 0. The Kier molecular flexibility index (Phi) is 5.31. The van der Waals surface area contributed by atoms with Gasteiger partial charge in [0, 0.05) is 5.69 Å². The van der Waals surface area contributed by atoms with Gasteiger partial charge in [-0.1, -0.05) is 24.3 Å². The minimum Gasteiger partial charge on any atom is -0.494 e. The van der Waals surface area contributed by atoms with E-state index in [0.717, 1.165) is 17.9 Å². The first-order valence-electron chi connectivity index (χ1n) is 8.68. The number of aromatic nitrogens is 3. The molecule has 0 radical (unpaired) electrons. The molecule has 0 unspecified atom stereocenters. The standard InChI is InChI=1S/C20H22N4O2/c1-4-15-6-10-17(11-7-15)24-14(3)19(22-23-24)20(25)21-16-8-12-18(13-9-16)26-5-2/h6-13H,4-5H2,1-3H3,(H,21,25). The Bertz CT molecular complexity index is 883. The number of benzene rings is 2. The van der Waals surface area contributed by atoms with Crippen molar-refractivity contribution in [1.82, 2.24) is 15.0 Å². The lowest BCUT2D eigenvalue weighted by Gasteiger charge is -2.07. The van der Waals surface area contributed by atoms with Crippen molar-refractivity contribution in [1.29, 1.82) is 0 Å². The Morgan fingerprint density at radius 2 is 1.77 bits per heavy atom. The van der Waals surface area contributed by atoms with Crippen LogP contribution in [0.25, 0.3) is 5.69 Å². The maximum Gasteiger partial charge on any atom is 0.278 e. The molecule has 3 aromatic rings. The van der Waals surface area contributed by atoms with Gasteiger partial charge >= 0.3 is 0 Å². The van der Waals surface area contributed by atoms with Gasteiger partial charge < -0.3 is 10.1 Å². The number of carbonyl (C=O) groups is 1. The number of aryl methyl sites for hydroxylation is 1. The van der Waals surface area contributed by atoms with Crippen LogP contribution >= 0.6 is 0 Å². The monoisotopic (exact) mass is 350 g/mol. The van der Waals surface area contributed by atoms with Crippen molar-refractivity contribution in [3.05, 3.63) is 65.5 Å². The van der Waals surface area contributed by atoms with Gasteiger partial charge in [-0.05, 0) is 62.2 Å². The number of hydrogen-bond acceptors (Lipinski definition) is 4. The summed E-state index contributed by atoms with van der Waals surface area (Å²) >= 11 is 0. The lowest BCUT2D eigenvalue weighted by atomic mass is 10.1. The van der Waals surface area contributed by atoms with Crippen LogP contribution in [0.5, 0.6) is 5.75 Å². The van der Waals surface area contributed by atoms with Gasteiger partial charge in [-0.25, -0.2) is 4.68 Å². The third-order valence-corrected chi connectivity index (χ3v) is 4.12. The van der Waals surface area contributed by atoms with E-state index < -0.39 is 0 Å². The molecule has 0 bridgehead atoms. The first kappa shape index (κ1) is 17.7. The fraction of sp³-hybridized carbons (Fsp3) is 0.250. The van der Waals surface area contributed by atoms with E-state index in [4.69, 9.17) is 4.74 Å². The van der Waals surface area contributed by atoms with Crippen molar-refractivity contribution in [3.63, 3.8) is 0 Å². The molecule has 0 saturated heterocycles. The van der Waals surface area contributed by atoms with Crippen molar-refractivity contribution >= 4 is 11.6 Å². The van der Waals surface area contributed by atoms with E-state index in [1.165, 1.54) is 5.56 Å². The molecule has 0 spiro atoms. The maximum atomic E-state index is 12.5. The lowest BCUT2D eigenvalue weighted by Crippen LogP contribution is -2.14. The summed E-state index contributed by atoms with van der Waals surface area (Å²) in [4.78, 5) is 12.5. The van der Waals surface area contributed by atoms with E-state index in [9.17, 15) is 4.79 Å². The van der Waals surface area contributed by atoms with Crippen LogP contribution in [0, 0.1) is 6.92 Å². The van der Waals surface area contributed by atoms with E-state index in [0.29, 0.717) is 23.7 Å². The van der Waals surface area contributed by atoms with Gasteiger partial charge in [0.15, 0.2) is 5.69 Å². The number of hydrogen-bond donors (Lipinski definition) is 1. The first-order chi connectivity index (χ1) is 12.6. The molecule has 0 aliphatic rings. The topological polar surface area (TPSA) is 69.0 Å². The predicted octanol–water partition coefficient (Wildman–Crippen LogP) is 3.79. The van der Waals surface area contributed by atoms with Gasteiger partial charge in [0.05, 0.1) is 18.0 Å². The van der Waals surface area contributed by atoms with Crippen LogP contribution < -0.4 is 10.1 Å². The molecule has 0 aliphatic heterocycles. The molecule has 0 saturated carbocycles. The molecule has 6 nitrogen and oxygen atoms in total. The zero-order chi connectivity index (χ0) is 18.5. The van der Waals surface area contributed by atoms with E-state index in [1.807, 2.05) is 38.1 Å². The summed E-state index contributed by atoms with van der Waals surface area (Å²) in [5.41, 5.74) is 3.81. The number of anilines is 1. The average molecular weight is 350 g/mol. The minimum absolute atomic E-state index is 0.289. The molecule has 1 aromatic heterocycles. The fourth-order valence-electron chi connectivity index (χ4n) is 2.65. The summed E-state index contributed by atoms with van der Waals surface area (Å²) in [6.07, 6.45) is 0.979. The Balaban J connectivity index is 1.76. The molecule has 134 valence electrons. The molecule has 2 aromatic carbocycles. The van der Waals surface area contributed by atoms with Crippen molar-refractivity contribution < 1.29 is 9.53 Å². The summed E-state index contributed by atoms with van der Waals surface area (Å²) in [6.45, 7) is 6.48. The zero-order valence-corrected chi connectivity index (χ0v) is 15.2. The summed E-state index contributed by atoms with van der Waals surface area (Å²) in [6, 6.07) is 15.3. The van der Waals surface area contributed by atoms with Gasteiger partial charge in [0.25, 0.3) is 5.91 Å². The van der Waals surface area contributed by atoms with Crippen LogP contribution in [0.1, 0.15) is 35.6 Å². The number of rotatable bonds is 6. The number of amides is 1. The molecule has 0 aliphatic carbocycles. The average Bonchev–Trinajstić information content (AvgIpc) is 3.05. The quantitative estimate of drug-likeness (QED) is 0.734. The number of nitrogens with one attached hydrogen (secondary N) is 1. The maximum absolute atomic E-state index is 12.5. The molecule has 1 N–H and O–H groups in total. The van der Waals surface area contributed by atoms with E-state index in [-0.39, 0.29) is 5.91 Å². The Morgan fingerprint density at radius 3 is 2.38 bits per heavy atom. The van der Waals surface area contributed by atoms with Gasteiger partial charge in [0.1, 0.15) is 5.75 Å². The Hall–Kier alpha value is -3.15. The minimum atomic E-state index is -0.289. The van der Waals surface area contributed by atoms with E-state index in [2.05, 4.69) is 34.7 Å². The number of carbonyl (C=O) groups excluding carboxylic acids is 1. The SMILES string of the molecule is CCOc1ccc(NC(=O)c2nnn(-c3ccc(CC)cc3)c2C)cc1. The second-order valence-corrected chi connectivity index (χ2v) is 5.87. The molecule has 3 rings (SSSR count). The van der Waals surface area contributed by atoms with Gasteiger partial charge in [-0.15, -0.1) is 5.10 Å².